The number of carbonyl (C=O) groups excluding carboxylic acids is 1. The Morgan fingerprint density at radius 3 is 2.70 bits per heavy atom. The lowest BCUT2D eigenvalue weighted by Gasteiger charge is -2.14. The Morgan fingerprint density at radius 1 is 1.11 bits per heavy atom. The normalized spacial score (nSPS) is 12.6. The molecule has 1 aliphatic rings. The van der Waals surface area contributed by atoms with E-state index in [9.17, 15) is 9.90 Å². The van der Waals surface area contributed by atoms with Crippen LogP contribution in [0, 0.1) is 0 Å². The first kappa shape index (κ1) is 17.2. The summed E-state index contributed by atoms with van der Waals surface area (Å²) in [5.41, 5.74) is 5.69. The molecule has 1 aliphatic carbocycles. The number of rotatable bonds is 3. The molecule has 0 bridgehead atoms. The summed E-state index contributed by atoms with van der Waals surface area (Å²) in [6.45, 7) is 1.48. The van der Waals surface area contributed by atoms with Crippen molar-refractivity contribution >= 4 is 11.7 Å². The fourth-order valence-electron chi connectivity index (χ4n) is 3.54. The summed E-state index contributed by atoms with van der Waals surface area (Å²) in [6, 6.07) is 15.4. The fourth-order valence-corrected chi connectivity index (χ4v) is 3.54. The first-order valence-electron chi connectivity index (χ1n) is 9.14. The van der Waals surface area contributed by atoms with Crippen molar-refractivity contribution in [3.63, 3.8) is 0 Å². The molecular formula is C22H21N3O2. The monoisotopic (exact) mass is 359 g/mol. The van der Waals surface area contributed by atoms with Crippen LogP contribution in [-0.2, 0) is 24.1 Å². The molecule has 27 heavy (non-hydrogen) atoms. The van der Waals surface area contributed by atoms with Crippen LogP contribution in [0.25, 0.3) is 11.3 Å². The molecule has 2 N–H and O–H groups in total. The van der Waals surface area contributed by atoms with Crippen LogP contribution in [0.15, 0.2) is 48.5 Å². The first-order chi connectivity index (χ1) is 13.1. The number of aromatic hydroxyl groups is 1. The number of anilines is 1. The van der Waals surface area contributed by atoms with Gasteiger partial charge in [0.1, 0.15) is 5.75 Å². The van der Waals surface area contributed by atoms with Gasteiger partial charge in [-0.3, -0.25) is 4.79 Å². The minimum atomic E-state index is -0.155. The van der Waals surface area contributed by atoms with Crippen LogP contribution in [0.3, 0.4) is 0 Å². The van der Waals surface area contributed by atoms with Crippen LogP contribution in [0.1, 0.15) is 35.9 Å². The van der Waals surface area contributed by atoms with Crippen molar-refractivity contribution in [2.75, 3.05) is 5.32 Å². The maximum atomic E-state index is 11.7. The van der Waals surface area contributed by atoms with Gasteiger partial charge in [-0.25, -0.2) is 9.97 Å². The number of phenols is 1. The molecular weight excluding hydrogens is 338 g/mol. The molecule has 5 heteroatoms. The van der Waals surface area contributed by atoms with Gasteiger partial charge in [0.15, 0.2) is 5.82 Å². The van der Waals surface area contributed by atoms with Crippen molar-refractivity contribution in [3.8, 4) is 17.0 Å². The van der Waals surface area contributed by atoms with Crippen LogP contribution in [0.2, 0.25) is 0 Å². The lowest BCUT2D eigenvalue weighted by atomic mass is 10.0. The van der Waals surface area contributed by atoms with E-state index < -0.39 is 0 Å². The zero-order valence-corrected chi connectivity index (χ0v) is 15.2. The minimum absolute atomic E-state index is 0.155. The van der Waals surface area contributed by atoms with E-state index in [0.29, 0.717) is 12.2 Å². The number of nitrogens with one attached hydrogen (secondary N) is 1. The Morgan fingerprint density at radius 2 is 1.93 bits per heavy atom. The number of hydrogen-bond donors (Lipinski definition) is 2. The Balaban J connectivity index is 1.85. The van der Waals surface area contributed by atoms with Crippen LogP contribution in [0.5, 0.6) is 5.75 Å². The summed E-state index contributed by atoms with van der Waals surface area (Å²) in [5, 5.41) is 12.7. The van der Waals surface area contributed by atoms with Gasteiger partial charge in [-0.05, 0) is 48.6 Å². The van der Waals surface area contributed by atoms with Crippen molar-refractivity contribution in [3.05, 3.63) is 71.0 Å². The lowest BCUT2D eigenvalue weighted by Crippen LogP contribution is -2.14. The molecule has 0 spiro atoms. The van der Waals surface area contributed by atoms with Crippen molar-refractivity contribution in [1.29, 1.82) is 0 Å². The fraction of sp³-hybridized carbons (Fsp3) is 0.227. The SMILES string of the molecule is CC(=O)Nc1nc2c(nc1Cc1ccccc1)-c1ccc(O)cc1CCC2. The molecule has 0 atom stereocenters. The van der Waals surface area contributed by atoms with E-state index in [1.807, 2.05) is 42.5 Å². The van der Waals surface area contributed by atoms with Crippen molar-refractivity contribution in [2.24, 2.45) is 0 Å². The molecule has 1 aromatic heterocycles. The van der Waals surface area contributed by atoms with Gasteiger partial charge in [-0.15, -0.1) is 0 Å². The van der Waals surface area contributed by atoms with E-state index in [4.69, 9.17) is 9.97 Å². The Hall–Kier alpha value is -3.21. The van der Waals surface area contributed by atoms with Gasteiger partial charge in [-0.2, -0.15) is 0 Å². The highest BCUT2D eigenvalue weighted by Crippen LogP contribution is 2.34. The Bertz CT molecular complexity index is 1000. The maximum absolute atomic E-state index is 11.7. The number of aromatic nitrogens is 2. The van der Waals surface area contributed by atoms with Gasteiger partial charge in [-0.1, -0.05) is 30.3 Å². The summed E-state index contributed by atoms with van der Waals surface area (Å²) >= 11 is 0. The number of phenolic OH excluding ortho intramolecular Hbond substituents is 1. The summed E-state index contributed by atoms with van der Waals surface area (Å²) < 4.78 is 0. The van der Waals surface area contributed by atoms with E-state index in [0.717, 1.165) is 53.0 Å². The van der Waals surface area contributed by atoms with Gasteiger partial charge in [0, 0.05) is 18.9 Å². The zero-order valence-electron chi connectivity index (χ0n) is 15.2. The largest absolute Gasteiger partial charge is 0.508 e. The van der Waals surface area contributed by atoms with Gasteiger partial charge < -0.3 is 10.4 Å². The molecule has 5 nitrogen and oxygen atoms in total. The number of nitrogens with zero attached hydrogens (tertiary/aromatic N) is 2. The molecule has 0 unspecified atom stereocenters. The van der Waals surface area contributed by atoms with E-state index >= 15 is 0 Å². The number of amides is 1. The summed E-state index contributed by atoms with van der Waals surface area (Å²) in [6.07, 6.45) is 3.17. The summed E-state index contributed by atoms with van der Waals surface area (Å²) in [5.74, 6) is 0.648. The van der Waals surface area contributed by atoms with E-state index in [2.05, 4.69) is 5.32 Å². The average molecular weight is 359 g/mol. The predicted molar refractivity (Wildman–Crippen MR) is 105 cm³/mol. The van der Waals surface area contributed by atoms with Gasteiger partial charge in [0.05, 0.1) is 17.1 Å². The highest BCUT2D eigenvalue weighted by molar-refractivity contribution is 5.88. The minimum Gasteiger partial charge on any atom is -0.508 e. The standard InChI is InChI=1S/C22H21N3O2/c1-14(26)23-22-20(12-15-6-3-2-4-7-15)24-21-18-11-10-17(27)13-16(18)8-5-9-19(21)25-22/h2-4,6-7,10-11,13,27H,5,8-9,12H2,1H3,(H,23,25,26). The molecule has 4 rings (SSSR count). The van der Waals surface area contributed by atoms with Crippen LogP contribution < -0.4 is 5.32 Å². The summed E-state index contributed by atoms with van der Waals surface area (Å²) in [4.78, 5) is 21.4. The molecule has 2 aromatic carbocycles. The van der Waals surface area contributed by atoms with Crippen molar-refractivity contribution < 1.29 is 9.90 Å². The van der Waals surface area contributed by atoms with Gasteiger partial charge >= 0.3 is 0 Å². The van der Waals surface area contributed by atoms with Crippen LogP contribution in [-0.4, -0.2) is 21.0 Å². The van der Waals surface area contributed by atoms with Crippen molar-refractivity contribution in [2.45, 2.75) is 32.6 Å². The molecule has 0 radical (unpaired) electrons. The zero-order chi connectivity index (χ0) is 18.8. The van der Waals surface area contributed by atoms with E-state index in [1.54, 1.807) is 6.07 Å². The molecule has 0 saturated heterocycles. The third-order valence-corrected chi connectivity index (χ3v) is 4.75. The van der Waals surface area contributed by atoms with Crippen molar-refractivity contribution in [1.82, 2.24) is 9.97 Å². The smallest absolute Gasteiger partial charge is 0.222 e. The molecule has 0 fully saturated rings. The van der Waals surface area contributed by atoms with Crippen LogP contribution in [0.4, 0.5) is 5.82 Å². The molecule has 0 aliphatic heterocycles. The number of aryl methyl sites for hydroxylation is 2. The Kier molecular flexibility index (Phi) is 4.59. The lowest BCUT2D eigenvalue weighted by molar-refractivity contribution is -0.114. The molecule has 0 saturated carbocycles. The maximum Gasteiger partial charge on any atom is 0.222 e. The third kappa shape index (κ3) is 3.67. The molecule has 136 valence electrons. The third-order valence-electron chi connectivity index (χ3n) is 4.75. The molecule has 1 amide bonds. The Labute approximate surface area is 158 Å². The number of fused-ring (bicyclic) bond motifs is 3. The highest BCUT2D eigenvalue weighted by Gasteiger charge is 2.21. The van der Waals surface area contributed by atoms with Crippen LogP contribution >= 0.6 is 0 Å². The second kappa shape index (κ2) is 7.19. The second-order valence-corrected chi connectivity index (χ2v) is 6.85. The quantitative estimate of drug-likeness (QED) is 0.744. The van der Waals surface area contributed by atoms with E-state index in [-0.39, 0.29) is 11.7 Å². The number of benzene rings is 2. The van der Waals surface area contributed by atoms with E-state index in [1.165, 1.54) is 6.92 Å². The topological polar surface area (TPSA) is 75.1 Å². The molecule has 1 heterocycles. The second-order valence-electron chi connectivity index (χ2n) is 6.85. The summed E-state index contributed by atoms with van der Waals surface area (Å²) in [7, 11) is 0. The van der Waals surface area contributed by atoms with Gasteiger partial charge in [0.2, 0.25) is 5.91 Å². The average Bonchev–Trinajstić information content (AvgIpc) is 2.81. The first-order valence-corrected chi connectivity index (χ1v) is 9.14. The number of carbonyl (C=O) groups is 1. The predicted octanol–water partition coefficient (Wildman–Crippen LogP) is 3.89. The molecule has 3 aromatic rings. The highest BCUT2D eigenvalue weighted by atomic mass is 16.3. The number of hydrogen-bond acceptors (Lipinski definition) is 4. The van der Waals surface area contributed by atoms with Gasteiger partial charge in [0.25, 0.3) is 0 Å².